The summed E-state index contributed by atoms with van der Waals surface area (Å²) in [6, 6.07) is 9.14. The molecule has 2 rings (SSSR count). The van der Waals surface area contributed by atoms with Gasteiger partial charge in [0, 0.05) is 16.6 Å². The minimum atomic E-state index is -0.581. The zero-order valence-corrected chi connectivity index (χ0v) is 12.5. The molecular weight excluding hydrogens is 326 g/mol. The standard InChI is InChI=1S/C15H15BrF2N2/c1-9-4-11(2-3-14(9)16)15(20-19)7-10-5-12(17)8-13(18)6-10/h2-6,8,15,20H,7,19H2,1H3. The largest absolute Gasteiger partial charge is 0.271 e. The van der Waals surface area contributed by atoms with Crippen LogP contribution < -0.4 is 11.3 Å². The highest BCUT2D eigenvalue weighted by molar-refractivity contribution is 9.10. The van der Waals surface area contributed by atoms with Gasteiger partial charge in [-0.05, 0) is 48.2 Å². The van der Waals surface area contributed by atoms with Gasteiger partial charge in [0.25, 0.3) is 0 Å². The fourth-order valence-electron chi connectivity index (χ4n) is 2.12. The first kappa shape index (κ1) is 15.1. The van der Waals surface area contributed by atoms with Gasteiger partial charge in [-0.25, -0.2) is 8.78 Å². The molecule has 0 saturated carbocycles. The summed E-state index contributed by atoms with van der Waals surface area (Å²) >= 11 is 3.44. The van der Waals surface area contributed by atoms with Crippen molar-refractivity contribution < 1.29 is 8.78 Å². The van der Waals surface area contributed by atoms with Crippen LogP contribution in [-0.2, 0) is 6.42 Å². The van der Waals surface area contributed by atoms with E-state index < -0.39 is 11.6 Å². The predicted octanol–water partition coefficient (Wildman–Crippen LogP) is 3.78. The molecule has 0 heterocycles. The first-order valence-corrected chi connectivity index (χ1v) is 6.96. The molecule has 2 aromatic carbocycles. The molecule has 3 N–H and O–H groups in total. The van der Waals surface area contributed by atoms with Gasteiger partial charge in [-0.1, -0.05) is 28.1 Å². The van der Waals surface area contributed by atoms with Crippen molar-refractivity contribution in [1.29, 1.82) is 0 Å². The van der Waals surface area contributed by atoms with E-state index in [2.05, 4.69) is 21.4 Å². The van der Waals surface area contributed by atoms with Gasteiger partial charge in [-0.3, -0.25) is 11.3 Å². The van der Waals surface area contributed by atoms with Crippen LogP contribution in [0.4, 0.5) is 8.78 Å². The SMILES string of the molecule is Cc1cc(C(Cc2cc(F)cc(F)c2)NN)ccc1Br. The Kier molecular flexibility index (Phi) is 4.86. The Bertz CT molecular complexity index is 597. The molecule has 0 saturated heterocycles. The average molecular weight is 341 g/mol. The van der Waals surface area contributed by atoms with Crippen LogP contribution in [-0.4, -0.2) is 0 Å². The van der Waals surface area contributed by atoms with Gasteiger partial charge in [0.2, 0.25) is 0 Å². The maximum atomic E-state index is 13.2. The summed E-state index contributed by atoms with van der Waals surface area (Å²) in [6.07, 6.45) is 0.409. The van der Waals surface area contributed by atoms with E-state index >= 15 is 0 Å². The van der Waals surface area contributed by atoms with Crippen molar-refractivity contribution in [1.82, 2.24) is 5.43 Å². The summed E-state index contributed by atoms with van der Waals surface area (Å²) in [5.41, 5.74) is 5.30. The Hall–Kier alpha value is -1.30. The lowest BCUT2D eigenvalue weighted by Gasteiger charge is -2.17. The van der Waals surface area contributed by atoms with Crippen LogP contribution in [0.1, 0.15) is 22.7 Å². The second-order valence-electron chi connectivity index (χ2n) is 4.71. The molecule has 1 unspecified atom stereocenters. The molecule has 2 aromatic rings. The Labute approximate surface area is 125 Å². The molecule has 5 heteroatoms. The zero-order chi connectivity index (χ0) is 14.7. The summed E-state index contributed by atoms with van der Waals surface area (Å²) < 4.78 is 27.4. The predicted molar refractivity (Wildman–Crippen MR) is 79.0 cm³/mol. The number of benzene rings is 2. The number of halogens is 3. The topological polar surface area (TPSA) is 38.0 Å². The number of nitrogens with one attached hydrogen (secondary N) is 1. The van der Waals surface area contributed by atoms with E-state index in [0.29, 0.717) is 12.0 Å². The van der Waals surface area contributed by atoms with Gasteiger partial charge in [0.05, 0.1) is 0 Å². The van der Waals surface area contributed by atoms with Crippen LogP contribution in [0.3, 0.4) is 0 Å². The second kappa shape index (κ2) is 6.43. The third kappa shape index (κ3) is 3.62. The van der Waals surface area contributed by atoms with Gasteiger partial charge in [0.15, 0.2) is 0 Å². The molecule has 0 radical (unpaired) electrons. The molecule has 0 aliphatic carbocycles. The number of rotatable bonds is 4. The van der Waals surface area contributed by atoms with Crippen LogP contribution in [0.5, 0.6) is 0 Å². The molecule has 0 spiro atoms. The van der Waals surface area contributed by atoms with Crippen molar-refractivity contribution in [2.45, 2.75) is 19.4 Å². The van der Waals surface area contributed by atoms with E-state index in [1.54, 1.807) is 0 Å². The molecule has 0 bridgehead atoms. The summed E-state index contributed by atoms with van der Waals surface area (Å²) in [5.74, 6) is 4.41. The van der Waals surface area contributed by atoms with Crippen LogP contribution in [0.25, 0.3) is 0 Å². The van der Waals surface area contributed by atoms with Crippen molar-refractivity contribution in [2.75, 3.05) is 0 Å². The quantitative estimate of drug-likeness (QED) is 0.656. The number of nitrogens with two attached hydrogens (primary N) is 1. The molecule has 0 amide bonds. The van der Waals surface area contributed by atoms with Crippen molar-refractivity contribution >= 4 is 15.9 Å². The van der Waals surface area contributed by atoms with E-state index in [1.807, 2.05) is 25.1 Å². The third-order valence-electron chi connectivity index (χ3n) is 3.15. The fraction of sp³-hybridized carbons (Fsp3) is 0.200. The first-order valence-electron chi connectivity index (χ1n) is 6.16. The molecule has 2 nitrogen and oxygen atoms in total. The molecule has 0 aliphatic rings. The minimum Gasteiger partial charge on any atom is -0.271 e. The molecular formula is C15H15BrF2N2. The number of hydrogen-bond donors (Lipinski definition) is 2. The number of hydrazine groups is 1. The zero-order valence-electron chi connectivity index (χ0n) is 11.0. The van der Waals surface area contributed by atoms with Gasteiger partial charge in [-0.2, -0.15) is 0 Å². The molecule has 1 atom stereocenters. The van der Waals surface area contributed by atoms with Crippen LogP contribution in [0, 0.1) is 18.6 Å². The van der Waals surface area contributed by atoms with Crippen molar-refractivity contribution in [2.24, 2.45) is 5.84 Å². The normalized spacial score (nSPS) is 12.4. The number of hydrogen-bond acceptors (Lipinski definition) is 2. The monoisotopic (exact) mass is 340 g/mol. The second-order valence-corrected chi connectivity index (χ2v) is 5.56. The first-order chi connectivity index (χ1) is 9.49. The Morgan fingerprint density at radius 2 is 1.80 bits per heavy atom. The van der Waals surface area contributed by atoms with Crippen LogP contribution in [0.2, 0.25) is 0 Å². The maximum Gasteiger partial charge on any atom is 0.126 e. The lowest BCUT2D eigenvalue weighted by Crippen LogP contribution is -2.29. The van der Waals surface area contributed by atoms with Gasteiger partial charge in [-0.15, -0.1) is 0 Å². The lowest BCUT2D eigenvalue weighted by atomic mass is 9.98. The highest BCUT2D eigenvalue weighted by Gasteiger charge is 2.13. The van der Waals surface area contributed by atoms with E-state index in [-0.39, 0.29) is 6.04 Å². The van der Waals surface area contributed by atoms with Crippen LogP contribution in [0.15, 0.2) is 40.9 Å². The average Bonchev–Trinajstić information content (AvgIpc) is 2.38. The number of aryl methyl sites for hydroxylation is 1. The smallest absolute Gasteiger partial charge is 0.126 e. The van der Waals surface area contributed by atoms with Crippen molar-refractivity contribution in [3.05, 3.63) is 69.2 Å². The highest BCUT2D eigenvalue weighted by atomic mass is 79.9. The summed E-state index contributed by atoms with van der Waals surface area (Å²) in [5, 5.41) is 0. The summed E-state index contributed by atoms with van der Waals surface area (Å²) in [4.78, 5) is 0. The maximum absolute atomic E-state index is 13.2. The summed E-state index contributed by atoms with van der Waals surface area (Å²) in [7, 11) is 0. The Morgan fingerprint density at radius 1 is 1.15 bits per heavy atom. The van der Waals surface area contributed by atoms with E-state index in [9.17, 15) is 8.78 Å². The lowest BCUT2D eigenvalue weighted by molar-refractivity contribution is 0.540. The molecule has 0 aliphatic heterocycles. The van der Waals surface area contributed by atoms with Crippen molar-refractivity contribution in [3.63, 3.8) is 0 Å². The van der Waals surface area contributed by atoms with Crippen molar-refractivity contribution in [3.8, 4) is 0 Å². The van der Waals surface area contributed by atoms with Crippen LogP contribution >= 0.6 is 15.9 Å². The fourth-order valence-corrected chi connectivity index (χ4v) is 2.37. The van der Waals surface area contributed by atoms with Gasteiger partial charge >= 0.3 is 0 Å². The Balaban J connectivity index is 2.26. The van der Waals surface area contributed by atoms with E-state index in [1.165, 1.54) is 12.1 Å². The molecule has 106 valence electrons. The van der Waals surface area contributed by atoms with E-state index in [0.717, 1.165) is 21.7 Å². The minimum absolute atomic E-state index is 0.206. The van der Waals surface area contributed by atoms with Gasteiger partial charge in [0.1, 0.15) is 11.6 Å². The van der Waals surface area contributed by atoms with Gasteiger partial charge < -0.3 is 0 Å². The molecule has 20 heavy (non-hydrogen) atoms. The molecule has 0 fully saturated rings. The molecule has 0 aromatic heterocycles. The third-order valence-corrected chi connectivity index (χ3v) is 4.04. The summed E-state index contributed by atoms with van der Waals surface area (Å²) in [6.45, 7) is 1.98. The Morgan fingerprint density at radius 3 is 2.35 bits per heavy atom. The highest BCUT2D eigenvalue weighted by Crippen LogP contribution is 2.24. The van der Waals surface area contributed by atoms with E-state index in [4.69, 9.17) is 5.84 Å².